The molecule has 0 aliphatic heterocycles. The first-order valence-electron chi connectivity index (χ1n) is 10.5. The molecule has 7 heteroatoms. The molecule has 0 bridgehead atoms. The molecule has 2 aromatic carbocycles. The average Bonchev–Trinajstić information content (AvgIpc) is 2.76. The number of hydrogen-bond donors (Lipinski definition) is 1. The number of methoxy groups -OCH3 is 1. The lowest BCUT2D eigenvalue weighted by Crippen LogP contribution is -2.51. The number of carbonyl (C=O) groups excluding carboxylic acids is 2. The maximum Gasteiger partial charge on any atom is 0.243 e. The summed E-state index contributed by atoms with van der Waals surface area (Å²) in [5.41, 5.74) is 1.66. The zero-order valence-electron chi connectivity index (χ0n) is 18.5. The van der Waals surface area contributed by atoms with Crippen LogP contribution in [0.15, 0.2) is 42.5 Å². The molecule has 0 radical (unpaired) electrons. The molecule has 1 N–H and O–H groups in total. The molecule has 5 nitrogen and oxygen atoms in total. The molecular weight excluding hydrogens is 435 g/mol. The molecule has 2 aromatic rings. The number of ether oxygens (including phenoxy) is 1. The first kappa shape index (κ1) is 25.0. The number of benzene rings is 2. The molecule has 0 aliphatic carbocycles. The largest absolute Gasteiger partial charge is 0.497 e. The molecule has 0 saturated heterocycles. The number of hydrogen-bond acceptors (Lipinski definition) is 3. The Morgan fingerprint density at radius 3 is 2.19 bits per heavy atom. The van der Waals surface area contributed by atoms with Crippen LogP contribution in [0.3, 0.4) is 0 Å². The van der Waals surface area contributed by atoms with Gasteiger partial charge in [0.15, 0.2) is 0 Å². The lowest BCUT2D eigenvalue weighted by molar-refractivity contribution is -0.141. The second-order valence-electron chi connectivity index (χ2n) is 7.54. The quantitative estimate of drug-likeness (QED) is 0.520. The van der Waals surface area contributed by atoms with Crippen LogP contribution in [0.1, 0.15) is 44.7 Å². The van der Waals surface area contributed by atoms with E-state index in [1.165, 1.54) is 0 Å². The highest BCUT2D eigenvalue weighted by Crippen LogP contribution is 2.24. The van der Waals surface area contributed by atoms with Gasteiger partial charge in [-0.05, 0) is 55.2 Å². The predicted octanol–water partition coefficient (Wildman–Crippen LogP) is 5.27. The molecule has 0 aliphatic rings. The van der Waals surface area contributed by atoms with E-state index in [-0.39, 0.29) is 30.8 Å². The number of carbonyl (C=O) groups is 2. The molecule has 0 spiro atoms. The number of halogens is 2. The maximum absolute atomic E-state index is 13.3. The van der Waals surface area contributed by atoms with Gasteiger partial charge in [0.05, 0.1) is 23.6 Å². The molecule has 31 heavy (non-hydrogen) atoms. The zero-order valence-corrected chi connectivity index (χ0v) is 20.0. The van der Waals surface area contributed by atoms with Gasteiger partial charge in [0.2, 0.25) is 11.8 Å². The van der Waals surface area contributed by atoms with Gasteiger partial charge in [-0.3, -0.25) is 9.59 Å². The summed E-state index contributed by atoms with van der Waals surface area (Å²) in [5, 5.41) is 3.87. The van der Waals surface area contributed by atoms with Crippen molar-refractivity contribution in [3.05, 3.63) is 63.6 Å². The lowest BCUT2D eigenvalue weighted by Gasteiger charge is -2.31. The van der Waals surface area contributed by atoms with E-state index in [1.54, 1.807) is 24.1 Å². The van der Waals surface area contributed by atoms with Crippen molar-refractivity contribution in [1.82, 2.24) is 10.2 Å². The van der Waals surface area contributed by atoms with E-state index >= 15 is 0 Å². The molecule has 0 heterocycles. The van der Waals surface area contributed by atoms with Crippen LogP contribution < -0.4 is 10.1 Å². The van der Waals surface area contributed by atoms with Crippen molar-refractivity contribution in [3.63, 3.8) is 0 Å². The molecule has 2 amide bonds. The van der Waals surface area contributed by atoms with E-state index in [1.807, 2.05) is 51.1 Å². The Morgan fingerprint density at radius 2 is 1.65 bits per heavy atom. The number of nitrogens with zero attached hydrogens (tertiary/aromatic N) is 1. The normalized spacial score (nSPS) is 12.7. The van der Waals surface area contributed by atoms with Gasteiger partial charge in [-0.25, -0.2) is 0 Å². The first-order chi connectivity index (χ1) is 14.8. The SMILES string of the molecule is CC[C@H](C(=O)N[C@@H](C)CC)N(Cc1ccc(Cl)c(Cl)c1)C(=O)Cc1ccc(OC)cc1. The smallest absolute Gasteiger partial charge is 0.243 e. The molecule has 0 unspecified atom stereocenters. The fraction of sp³-hybridized carbons (Fsp3) is 0.417. The van der Waals surface area contributed by atoms with Gasteiger partial charge in [-0.1, -0.05) is 55.2 Å². The van der Waals surface area contributed by atoms with Crippen molar-refractivity contribution in [2.24, 2.45) is 0 Å². The van der Waals surface area contributed by atoms with Crippen molar-refractivity contribution >= 4 is 35.0 Å². The molecule has 2 rings (SSSR count). The fourth-order valence-corrected chi connectivity index (χ4v) is 3.54. The summed E-state index contributed by atoms with van der Waals surface area (Å²) < 4.78 is 5.18. The van der Waals surface area contributed by atoms with E-state index in [2.05, 4.69) is 5.32 Å². The summed E-state index contributed by atoms with van der Waals surface area (Å²) in [5.74, 6) is 0.436. The fourth-order valence-electron chi connectivity index (χ4n) is 3.21. The molecule has 168 valence electrons. The van der Waals surface area contributed by atoms with Crippen LogP contribution in [0.5, 0.6) is 5.75 Å². The van der Waals surface area contributed by atoms with Crippen LogP contribution in [0.25, 0.3) is 0 Å². The molecule has 0 aromatic heterocycles. The van der Waals surface area contributed by atoms with Gasteiger partial charge in [0.1, 0.15) is 11.8 Å². The molecule has 0 saturated carbocycles. The molecular formula is C24H30Cl2N2O3. The van der Waals surface area contributed by atoms with Crippen molar-refractivity contribution in [2.45, 2.75) is 58.7 Å². The van der Waals surface area contributed by atoms with E-state index in [9.17, 15) is 9.59 Å². The van der Waals surface area contributed by atoms with Crippen molar-refractivity contribution in [2.75, 3.05) is 7.11 Å². The van der Waals surface area contributed by atoms with Crippen LogP contribution in [0.2, 0.25) is 10.0 Å². The highest BCUT2D eigenvalue weighted by molar-refractivity contribution is 6.42. The van der Waals surface area contributed by atoms with Gasteiger partial charge in [0, 0.05) is 12.6 Å². The zero-order chi connectivity index (χ0) is 23.0. The average molecular weight is 465 g/mol. The van der Waals surface area contributed by atoms with Crippen LogP contribution in [-0.4, -0.2) is 35.9 Å². The highest BCUT2D eigenvalue weighted by Gasteiger charge is 2.29. The third-order valence-corrected chi connectivity index (χ3v) is 5.98. The predicted molar refractivity (Wildman–Crippen MR) is 126 cm³/mol. The number of amides is 2. The summed E-state index contributed by atoms with van der Waals surface area (Å²) in [7, 11) is 1.60. The van der Waals surface area contributed by atoms with E-state index in [0.717, 1.165) is 23.3 Å². The number of rotatable bonds is 10. The lowest BCUT2D eigenvalue weighted by atomic mass is 10.1. The van der Waals surface area contributed by atoms with Crippen LogP contribution in [-0.2, 0) is 22.6 Å². The molecule has 0 fully saturated rings. The van der Waals surface area contributed by atoms with Crippen molar-refractivity contribution < 1.29 is 14.3 Å². The minimum Gasteiger partial charge on any atom is -0.497 e. The Balaban J connectivity index is 2.30. The number of nitrogens with one attached hydrogen (secondary N) is 1. The topological polar surface area (TPSA) is 58.6 Å². The van der Waals surface area contributed by atoms with Gasteiger partial charge in [-0.15, -0.1) is 0 Å². The van der Waals surface area contributed by atoms with Gasteiger partial charge in [-0.2, -0.15) is 0 Å². The Labute approximate surface area is 194 Å². The Hall–Kier alpha value is -2.24. The maximum atomic E-state index is 13.3. The first-order valence-corrected chi connectivity index (χ1v) is 11.2. The van der Waals surface area contributed by atoms with Crippen LogP contribution in [0, 0.1) is 0 Å². The highest BCUT2D eigenvalue weighted by atomic mass is 35.5. The Bertz CT molecular complexity index is 887. The van der Waals surface area contributed by atoms with Gasteiger partial charge >= 0.3 is 0 Å². The third kappa shape index (κ3) is 7.15. The van der Waals surface area contributed by atoms with Crippen LogP contribution >= 0.6 is 23.2 Å². The van der Waals surface area contributed by atoms with Gasteiger partial charge in [0.25, 0.3) is 0 Å². The Kier molecular flexibility index (Phi) is 9.66. The van der Waals surface area contributed by atoms with Crippen LogP contribution in [0.4, 0.5) is 0 Å². The van der Waals surface area contributed by atoms with E-state index < -0.39 is 6.04 Å². The standard InChI is InChI=1S/C24H30Cl2N2O3/c1-5-16(3)27-24(30)22(6-2)28(15-18-9-12-20(25)21(26)13-18)23(29)14-17-7-10-19(31-4)11-8-17/h7-13,16,22H,5-6,14-15H2,1-4H3,(H,27,30)/t16-,22+/m0/s1. The van der Waals surface area contributed by atoms with E-state index in [4.69, 9.17) is 27.9 Å². The minimum atomic E-state index is -0.589. The minimum absolute atomic E-state index is 0.0325. The summed E-state index contributed by atoms with van der Waals surface area (Å²) in [6.45, 7) is 6.13. The summed E-state index contributed by atoms with van der Waals surface area (Å²) in [6.07, 6.45) is 1.49. The summed E-state index contributed by atoms with van der Waals surface area (Å²) in [4.78, 5) is 27.9. The second kappa shape index (κ2) is 12.0. The van der Waals surface area contributed by atoms with Crippen molar-refractivity contribution in [1.29, 1.82) is 0 Å². The summed E-state index contributed by atoms with van der Waals surface area (Å²) in [6, 6.07) is 12.0. The monoisotopic (exact) mass is 464 g/mol. The van der Waals surface area contributed by atoms with Crippen molar-refractivity contribution in [3.8, 4) is 5.75 Å². The summed E-state index contributed by atoms with van der Waals surface area (Å²) >= 11 is 12.2. The Morgan fingerprint density at radius 1 is 1.00 bits per heavy atom. The van der Waals surface area contributed by atoms with Gasteiger partial charge < -0.3 is 15.0 Å². The second-order valence-corrected chi connectivity index (χ2v) is 8.35. The van der Waals surface area contributed by atoms with E-state index in [0.29, 0.717) is 16.5 Å². The third-order valence-electron chi connectivity index (χ3n) is 5.24. The molecule has 2 atom stereocenters.